The minimum Gasteiger partial charge on any atom is -0.340 e. The molecule has 0 radical (unpaired) electrons. The number of fused-ring (bicyclic) bond motifs is 1. The van der Waals surface area contributed by atoms with Gasteiger partial charge >= 0.3 is 6.18 Å². The number of aryl methyl sites for hydroxylation is 2. The molecule has 2 rings (SSSR count). The quantitative estimate of drug-likeness (QED) is 0.631. The molecule has 0 saturated heterocycles. The van der Waals surface area contributed by atoms with E-state index < -0.39 is 11.9 Å². The van der Waals surface area contributed by atoms with Crippen LogP contribution in [-0.2, 0) is 13.2 Å². The van der Waals surface area contributed by atoms with Crippen molar-refractivity contribution >= 4 is 10.9 Å². The second-order valence-electron chi connectivity index (χ2n) is 3.65. The average Bonchev–Trinajstić information content (AvgIpc) is 2.42. The second kappa shape index (κ2) is 3.02. The van der Waals surface area contributed by atoms with Crippen molar-refractivity contribution in [3.8, 4) is 0 Å². The van der Waals surface area contributed by atoms with E-state index in [1.807, 2.05) is 13.0 Å². The van der Waals surface area contributed by atoms with Crippen LogP contribution in [0.2, 0.25) is 0 Å². The Morgan fingerprint density at radius 3 is 2.40 bits per heavy atom. The van der Waals surface area contributed by atoms with E-state index in [0.29, 0.717) is 10.9 Å². The Kier molecular flexibility index (Phi) is 2.03. The number of rotatable bonds is 0. The van der Waals surface area contributed by atoms with E-state index in [4.69, 9.17) is 0 Å². The summed E-state index contributed by atoms with van der Waals surface area (Å²) in [5, 5.41) is 0.629. The maximum atomic E-state index is 12.6. The van der Waals surface area contributed by atoms with Gasteiger partial charge in [-0.25, -0.2) is 0 Å². The van der Waals surface area contributed by atoms with Crippen molar-refractivity contribution in [2.75, 3.05) is 0 Å². The minimum atomic E-state index is -4.29. The average molecular weight is 213 g/mol. The molecule has 0 bridgehead atoms. The van der Waals surface area contributed by atoms with Crippen LogP contribution in [0.3, 0.4) is 0 Å². The van der Waals surface area contributed by atoms with Crippen molar-refractivity contribution in [2.45, 2.75) is 13.1 Å². The van der Waals surface area contributed by atoms with Crippen LogP contribution >= 0.6 is 0 Å². The fraction of sp³-hybridized carbons (Fsp3) is 0.273. The highest BCUT2D eigenvalue weighted by Gasteiger charge is 2.34. The van der Waals surface area contributed by atoms with Crippen molar-refractivity contribution in [1.82, 2.24) is 4.57 Å². The highest BCUT2D eigenvalue weighted by Crippen LogP contribution is 2.33. The summed E-state index contributed by atoms with van der Waals surface area (Å²) >= 11 is 0. The third-order valence-electron chi connectivity index (χ3n) is 2.49. The van der Waals surface area contributed by atoms with Gasteiger partial charge in [0, 0.05) is 18.0 Å². The Hall–Kier alpha value is -1.45. The summed E-state index contributed by atoms with van der Waals surface area (Å²) < 4.78 is 38.9. The van der Waals surface area contributed by atoms with Crippen LogP contribution in [0.5, 0.6) is 0 Å². The summed E-state index contributed by atoms with van der Waals surface area (Å²) in [6, 6.07) is 6.45. The lowest BCUT2D eigenvalue weighted by molar-refractivity contribution is -0.142. The molecule has 2 aromatic rings. The van der Waals surface area contributed by atoms with Gasteiger partial charge in [0.1, 0.15) is 5.69 Å². The highest BCUT2D eigenvalue weighted by atomic mass is 19.4. The van der Waals surface area contributed by atoms with Gasteiger partial charge < -0.3 is 4.57 Å². The SMILES string of the molecule is Cc1ccc2c(c1)cc(C(F)(F)F)n2C. The summed E-state index contributed by atoms with van der Waals surface area (Å²) in [5.41, 5.74) is 0.956. The van der Waals surface area contributed by atoms with Crippen LogP contribution in [0.25, 0.3) is 10.9 Å². The van der Waals surface area contributed by atoms with Crippen molar-refractivity contribution in [3.63, 3.8) is 0 Å². The van der Waals surface area contributed by atoms with Crippen molar-refractivity contribution < 1.29 is 13.2 Å². The molecule has 0 saturated carbocycles. The third-order valence-corrected chi connectivity index (χ3v) is 2.49. The van der Waals surface area contributed by atoms with Crippen LogP contribution in [0.4, 0.5) is 13.2 Å². The zero-order valence-electron chi connectivity index (χ0n) is 8.39. The van der Waals surface area contributed by atoms with E-state index in [9.17, 15) is 13.2 Å². The fourth-order valence-electron chi connectivity index (χ4n) is 1.74. The zero-order chi connectivity index (χ0) is 11.2. The summed E-state index contributed by atoms with van der Waals surface area (Å²) in [5.74, 6) is 0. The lowest BCUT2D eigenvalue weighted by atomic mass is 10.2. The number of aromatic nitrogens is 1. The molecular formula is C11H10F3N. The molecule has 1 aromatic carbocycles. The third kappa shape index (κ3) is 1.60. The lowest BCUT2D eigenvalue weighted by Gasteiger charge is -2.07. The molecule has 0 unspecified atom stereocenters. The van der Waals surface area contributed by atoms with E-state index in [1.54, 1.807) is 12.1 Å². The molecule has 80 valence electrons. The zero-order valence-corrected chi connectivity index (χ0v) is 8.39. The minimum absolute atomic E-state index is 0.605. The Morgan fingerprint density at radius 2 is 1.80 bits per heavy atom. The van der Waals surface area contributed by atoms with Crippen molar-refractivity contribution in [3.05, 3.63) is 35.5 Å². The molecular weight excluding hydrogens is 203 g/mol. The summed E-state index contributed by atoms with van der Waals surface area (Å²) in [6.07, 6.45) is -4.29. The highest BCUT2D eigenvalue weighted by molar-refractivity contribution is 5.82. The van der Waals surface area contributed by atoms with E-state index >= 15 is 0 Å². The van der Waals surface area contributed by atoms with Crippen LogP contribution in [-0.4, -0.2) is 4.57 Å². The molecule has 1 nitrogen and oxygen atoms in total. The van der Waals surface area contributed by atoms with Crippen molar-refractivity contribution in [2.24, 2.45) is 7.05 Å². The number of hydrogen-bond acceptors (Lipinski definition) is 0. The predicted octanol–water partition coefficient (Wildman–Crippen LogP) is 3.51. The van der Waals surface area contributed by atoms with Crippen molar-refractivity contribution in [1.29, 1.82) is 0 Å². The Labute approximate surface area is 85.1 Å². The molecule has 0 amide bonds. The smallest absolute Gasteiger partial charge is 0.340 e. The van der Waals surface area contributed by atoms with Gasteiger partial charge in [-0.3, -0.25) is 0 Å². The first kappa shape index (κ1) is 10.1. The van der Waals surface area contributed by atoms with E-state index in [-0.39, 0.29) is 0 Å². The second-order valence-corrected chi connectivity index (χ2v) is 3.65. The van der Waals surface area contributed by atoms with Gasteiger partial charge in [-0.05, 0) is 25.1 Å². The molecule has 4 heteroatoms. The first-order valence-electron chi connectivity index (χ1n) is 4.53. The lowest BCUT2D eigenvalue weighted by Crippen LogP contribution is -2.10. The van der Waals surface area contributed by atoms with Gasteiger partial charge in [-0.15, -0.1) is 0 Å². The Bertz CT molecular complexity index is 508. The summed E-state index contributed by atoms with van der Waals surface area (Å²) in [6.45, 7) is 1.86. The van der Waals surface area contributed by atoms with Crippen LogP contribution in [0.1, 0.15) is 11.3 Å². The molecule has 0 spiro atoms. The number of halogens is 3. The van der Waals surface area contributed by atoms with Gasteiger partial charge in [-0.1, -0.05) is 11.6 Å². The number of nitrogens with zero attached hydrogens (tertiary/aromatic N) is 1. The normalized spacial score (nSPS) is 12.3. The maximum Gasteiger partial charge on any atom is 0.431 e. The molecule has 1 heterocycles. The number of benzene rings is 1. The number of alkyl halides is 3. The van der Waals surface area contributed by atoms with Gasteiger partial charge in [0.2, 0.25) is 0 Å². The van der Waals surface area contributed by atoms with E-state index in [0.717, 1.165) is 5.56 Å². The van der Waals surface area contributed by atoms with Crippen LogP contribution in [0.15, 0.2) is 24.3 Å². The molecule has 0 fully saturated rings. The molecule has 1 aromatic heterocycles. The first-order valence-corrected chi connectivity index (χ1v) is 4.53. The molecule has 0 N–H and O–H groups in total. The number of hydrogen-bond donors (Lipinski definition) is 0. The summed E-state index contributed by atoms with van der Waals surface area (Å²) in [4.78, 5) is 0. The molecule has 0 aliphatic carbocycles. The van der Waals surface area contributed by atoms with E-state index in [2.05, 4.69) is 0 Å². The first-order chi connectivity index (χ1) is 6.89. The standard InChI is InChI=1S/C11H10F3N/c1-7-3-4-9-8(5-7)6-10(15(9)2)11(12,13)14/h3-6H,1-2H3. The molecule has 0 aliphatic rings. The van der Waals surface area contributed by atoms with Gasteiger partial charge in [-0.2, -0.15) is 13.2 Å². The van der Waals surface area contributed by atoms with Crippen LogP contribution < -0.4 is 0 Å². The molecule has 0 atom stereocenters. The topological polar surface area (TPSA) is 4.93 Å². The van der Waals surface area contributed by atoms with Crippen LogP contribution in [0, 0.1) is 6.92 Å². The molecule has 15 heavy (non-hydrogen) atoms. The largest absolute Gasteiger partial charge is 0.431 e. The predicted molar refractivity (Wildman–Crippen MR) is 52.7 cm³/mol. The van der Waals surface area contributed by atoms with Gasteiger partial charge in [0.05, 0.1) is 0 Å². The fourth-order valence-corrected chi connectivity index (χ4v) is 1.74. The summed E-state index contributed by atoms with van der Waals surface area (Å²) in [7, 11) is 1.43. The Morgan fingerprint density at radius 1 is 1.13 bits per heavy atom. The Balaban J connectivity index is 2.75. The van der Waals surface area contributed by atoms with E-state index in [1.165, 1.54) is 17.7 Å². The maximum absolute atomic E-state index is 12.6. The molecule has 0 aliphatic heterocycles. The van der Waals surface area contributed by atoms with Gasteiger partial charge in [0.25, 0.3) is 0 Å². The van der Waals surface area contributed by atoms with Gasteiger partial charge in [0.15, 0.2) is 0 Å². The monoisotopic (exact) mass is 213 g/mol.